The Hall–Kier alpha value is -2.10. The van der Waals surface area contributed by atoms with Crippen LogP contribution in [0, 0.1) is 5.41 Å². The Kier molecular flexibility index (Phi) is 5.64. The third-order valence-electron chi connectivity index (χ3n) is 4.46. The van der Waals surface area contributed by atoms with Crippen LogP contribution in [0.5, 0.6) is 0 Å². The molecule has 0 radical (unpaired) electrons. The summed E-state index contributed by atoms with van der Waals surface area (Å²) in [4.78, 5) is 31.3. The minimum absolute atomic E-state index is 0.00242. The van der Waals surface area contributed by atoms with Crippen molar-refractivity contribution in [2.75, 3.05) is 31.1 Å². The molecule has 0 bridgehead atoms. The molecule has 0 unspecified atom stereocenters. The average molecular weight is 386 g/mol. The SMILES string of the molecule is CC(C)(C)/C(O)=C/C(N)=NC(=O)[C@@H]1CCN1C(=O)N1CCS(=O)(=O)CC1. The molecular weight excluding hydrogens is 360 g/mol. The maximum absolute atomic E-state index is 12.5. The van der Waals surface area contributed by atoms with Gasteiger partial charge in [-0.1, -0.05) is 20.8 Å². The zero-order valence-electron chi connectivity index (χ0n) is 15.3. The van der Waals surface area contributed by atoms with Gasteiger partial charge in [-0.3, -0.25) is 4.79 Å². The van der Waals surface area contributed by atoms with E-state index in [-0.39, 0.29) is 42.2 Å². The van der Waals surface area contributed by atoms with Gasteiger partial charge in [0.25, 0.3) is 5.91 Å². The summed E-state index contributed by atoms with van der Waals surface area (Å²) in [5, 5.41) is 9.90. The van der Waals surface area contributed by atoms with Crippen molar-refractivity contribution in [1.29, 1.82) is 0 Å². The smallest absolute Gasteiger partial charge is 0.320 e. The van der Waals surface area contributed by atoms with E-state index in [9.17, 15) is 23.1 Å². The molecule has 146 valence electrons. The lowest BCUT2D eigenvalue weighted by Crippen LogP contribution is -2.60. The third-order valence-corrected chi connectivity index (χ3v) is 6.07. The highest BCUT2D eigenvalue weighted by Gasteiger charge is 2.40. The number of urea groups is 1. The highest BCUT2D eigenvalue weighted by atomic mass is 32.2. The van der Waals surface area contributed by atoms with E-state index in [0.717, 1.165) is 0 Å². The van der Waals surface area contributed by atoms with Crippen molar-refractivity contribution in [2.24, 2.45) is 16.1 Å². The summed E-state index contributed by atoms with van der Waals surface area (Å²) in [5.41, 5.74) is 5.18. The fourth-order valence-corrected chi connectivity index (χ4v) is 3.75. The number of aliphatic imine (C=N–C) groups is 1. The first kappa shape index (κ1) is 20.2. The van der Waals surface area contributed by atoms with E-state index >= 15 is 0 Å². The Morgan fingerprint density at radius 1 is 1.19 bits per heavy atom. The number of allylic oxidation sites excluding steroid dienone is 1. The van der Waals surface area contributed by atoms with E-state index in [1.54, 1.807) is 20.8 Å². The molecule has 9 nitrogen and oxygen atoms in total. The normalized spacial score (nSPS) is 24.2. The van der Waals surface area contributed by atoms with E-state index in [4.69, 9.17) is 5.73 Å². The van der Waals surface area contributed by atoms with Gasteiger partial charge in [0.1, 0.15) is 17.6 Å². The van der Waals surface area contributed by atoms with Crippen LogP contribution in [0.1, 0.15) is 27.2 Å². The van der Waals surface area contributed by atoms with Crippen LogP contribution in [0.15, 0.2) is 16.8 Å². The number of amidine groups is 1. The van der Waals surface area contributed by atoms with Gasteiger partial charge in [0.05, 0.1) is 11.5 Å². The van der Waals surface area contributed by atoms with Gasteiger partial charge in [-0.05, 0) is 6.42 Å². The fourth-order valence-electron chi connectivity index (χ4n) is 2.55. The summed E-state index contributed by atoms with van der Waals surface area (Å²) in [6, 6.07) is -1.06. The Bertz CT molecular complexity index is 737. The monoisotopic (exact) mass is 386 g/mol. The lowest BCUT2D eigenvalue weighted by molar-refractivity contribution is -0.125. The summed E-state index contributed by atoms with van der Waals surface area (Å²) < 4.78 is 22.9. The van der Waals surface area contributed by atoms with E-state index in [1.165, 1.54) is 15.9 Å². The van der Waals surface area contributed by atoms with Crippen molar-refractivity contribution < 1.29 is 23.1 Å². The van der Waals surface area contributed by atoms with Crippen LogP contribution < -0.4 is 5.73 Å². The van der Waals surface area contributed by atoms with E-state index < -0.39 is 27.2 Å². The maximum Gasteiger partial charge on any atom is 0.320 e. The molecule has 3 amide bonds. The molecule has 26 heavy (non-hydrogen) atoms. The molecule has 0 aromatic heterocycles. The van der Waals surface area contributed by atoms with Crippen LogP contribution in [0.2, 0.25) is 0 Å². The van der Waals surface area contributed by atoms with Crippen molar-refractivity contribution in [3.63, 3.8) is 0 Å². The van der Waals surface area contributed by atoms with Gasteiger partial charge in [-0.25, -0.2) is 13.2 Å². The Morgan fingerprint density at radius 2 is 1.77 bits per heavy atom. The number of likely N-dealkylation sites (tertiary alicyclic amines) is 1. The van der Waals surface area contributed by atoms with Crippen molar-refractivity contribution in [1.82, 2.24) is 9.80 Å². The van der Waals surface area contributed by atoms with Gasteiger partial charge in [-0.15, -0.1) is 0 Å². The summed E-state index contributed by atoms with van der Waals surface area (Å²) in [7, 11) is -3.08. The molecule has 2 aliphatic rings. The second-order valence-electron chi connectivity index (χ2n) is 7.57. The summed E-state index contributed by atoms with van der Waals surface area (Å²) in [6.45, 7) is 6.05. The van der Waals surface area contributed by atoms with Crippen molar-refractivity contribution >= 4 is 27.6 Å². The average Bonchev–Trinajstić information content (AvgIpc) is 2.44. The highest BCUT2D eigenvalue weighted by Crippen LogP contribution is 2.23. The molecular formula is C16H26N4O5S. The topological polar surface area (TPSA) is 133 Å². The molecule has 0 aromatic rings. The summed E-state index contributed by atoms with van der Waals surface area (Å²) in [5.74, 6) is -0.793. The molecule has 0 saturated carbocycles. The second kappa shape index (κ2) is 7.26. The lowest BCUT2D eigenvalue weighted by Gasteiger charge is -2.42. The predicted octanol–water partition coefficient (Wildman–Crippen LogP) is 0.283. The number of amides is 3. The summed E-state index contributed by atoms with van der Waals surface area (Å²) in [6.07, 6.45) is 1.71. The number of aliphatic hydroxyl groups is 1. The first-order valence-electron chi connectivity index (χ1n) is 8.46. The summed E-state index contributed by atoms with van der Waals surface area (Å²) >= 11 is 0. The molecule has 2 aliphatic heterocycles. The van der Waals surface area contributed by atoms with Gasteiger partial charge in [-0.2, -0.15) is 4.99 Å². The first-order valence-corrected chi connectivity index (χ1v) is 10.3. The van der Waals surface area contributed by atoms with E-state index in [2.05, 4.69) is 4.99 Å². The van der Waals surface area contributed by atoms with Crippen LogP contribution >= 0.6 is 0 Å². The molecule has 0 spiro atoms. The standard InChI is InChI=1S/C16H26N4O5S/c1-16(2,3)12(21)10-13(17)18-14(22)11-4-5-20(11)15(23)19-6-8-26(24,25)9-7-19/h10-11,21H,4-9H2,1-3H3,(H2,17,18,22)/b12-10-/t11-/m0/s1. The third kappa shape index (κ3) is 4.75. The van der Waals surface area contributed by atoms with Crippen LogP contribution in [0.3, 0.4) is 0 Å². The molecule has 2 saturated heterocycles. The van der Waals surface area contributed by atoms with Gasteiger partial charge < -0.3 is 20.6 Å². The number of rotatable bonds is 2. The van der Waals surface area contributed by atoms with Crippen LogP contribution in [0.4, 0.5) is 4.79 Å². The van der Waals surface area contributed by atoms with Crippen molar-refractivity contribution in [2.45, 2.75) is 33.2 Å². The molecule has 10 heteroatoms. The number of nitrogens with zero attached hydrogens (tertiary/aromatic N) is 3. The van der Waals surface area contributed by atoms with Crippen molar-refractivity contribution in [3.8, 4) is 0 Å². The first-order chi connectivity index (χ1) is 11.9. The second-order valence-corrected chi connectivity index (χ2v) is 9.88. The fraction of sp³-hybridized carbons (Fsp3) is 0.688. The molecule has 2 heterocycles. The highest BCUT2D eigenvalue weighted by molar-refractivity contribution is 7.91. The largest absolute Gasteiger partial charge is 0.512 e. The van der Waals surface area contributed by atoms with E-state index in [0.29, 0.717) is 13.0 Å². The van der Waals surface area contributed by atoms with Gasteiger partial charge >= 0.3 is 6.03 Å². The van der Waals surface area contributed by atoms with Crippen LogP contribution in [-0.2, 0) is 14.6 Å². The zero-order valence-corrected chi connectivity index (χ0v) is 16.1. The zero-order chi connectivity index (χ0) is 19.7. The molecule has 2 rings (SSSR count). The molecule has 0 aromatic carbocycles. The Balaban J connectivity index is 2.00. The van der Waals surface area contributed by atoms with Gasteiger partial charge in [0, 0.05) is 31.1 Å². The Labute approximate surface area is 153 Å². The number of hydrogen-bond donors (Lipinski definition) is 2. The number of aliphatic hydroxyl groups excluding tert-OH is 1. The number of carbonyl (C=O) groups excluding carboxylic acids is 2. The number of nitrogens with two attached hydrogens (primary N) is 1. The van der Waals surface area contributed by atoms with Gasteiger partial charge in [0.15, 0.2) is 9.84 Å². The van der Waals surface area contributed by atoms with Crippen LogP contribution in [-0.4, -0.2) is 78.3 Å². The maximum atomic E-state index is 12.5. The molecule has 1 atom stereocenters. The minimum atomic E-state index is -3.08. The molecule has 0 aliphatic carbocycles. The number of hydrogen-bond acceptors (Lipinski definition) is 5. The van der Waals surface area contributed by atoms with Crippen LogP contribution in [0.25, 0.3) is 0 Å². The lowest BCUT2D eigenvalue weighted by atomic mass is 9.93. The predicted molar refractivity (Wildman–Crippen MR) is 97.5 cm³/mol. The number of carbonyl (C=O) groups is 2. The van der Waals surface area contributed by atoms with Crippen molar-refractivity contribution in [3.05, 3.63) is 11.8 Å². The molecule has 2 fully saturated rings. The van der Waals surface area contributed by atoms with Gasteiger partial charge in [0.2, 0.25) is 0 Å². The number of sulfone groups is 1. The Morgan fingerprint density at radius 3 is 2.23 bits per heavy atom. The van der Waals surface area contributed by atoms with E-state index in [1.807, 2.05) is 0 Å². The molecule has 3 N–H and O–H groups in total. The minimum Gasteiger partial charge on any atom is -0.512 e. The quantitative estimate of drug-likeness (QED) is 0.398.